The van der Waals surface area contributed by atoms with Gasteiger partial charge in [0.1, 0.15) is 34.8 Å². The van der Waals surface area contributed by atoms with Crippen LogP contribution in [0, 0.1) is 24.0 Å². The summed E-state index contributed by atoms with van der Waals surface area (Å²) in [5.41, 5.74) is -0.0249. The van der Waals surface area contributed by atoms with E-state index in [-0.39, 0.29) is 39.5 Å². The van der Waals surface area contributed by atoms with Gasteiger partial charge >= 0.3 is 6.01 Å². The summed E-state index contributed by atoms with van der Waals surface area (Å²) >= 11 is 0. The number of aromatic hydroxyl groups is 1. The quantitative estimate of drug-likeness (QED) is 0.290. The number of phenolic OH excluding ortho intramolecular Hbond substituents is 1. The zero-order chi connectivity index (χ0) is 31.4. The number of anilines is 1. The van der Waals surface area contributed by atoms with E-state index in [1.165, 1.54) is 50.4 Å². The van der Waals surface area contributed by atoms with E-state index in [2.05, 4.69) is 25.8 Å². The minimum atomic E-state index is -0.762. The number of hydrogen-bond acceptors (Lipinski definition) is 8. The Morgan fingerprint density at radius 1 is 1.11 bits per heavy atom. The summed E-state index contributed by atoms with van der Waals surface area (Å²) in [7, 11) is 1.40. The number of nitrogens with zero attached hydrogens (tertiary/aromatic N) is 5. The number of terminal acetylenes is 1. The van der Waals surface area contributed by atoms with E-state index < -0.39 is 17.8 Å². The molecule has 1 N–H and O–H groups in total. The molecule has 2 aromatic carbocycles. The fraction of sp³-hybridized carbons (Fsp3) is 0.424. The topological polar surface area (TPSA) is 83.8 Å². The summed E-state index contributed by atoms with van der Waals surface area (Å²) in [6, 6.07) is 6.02. The van der Waals surface area contributed by atoms with E-state index in [1.54, 1.807) is 0 Å². The second-order valence-corrected chi connectivity index (χ2v) is 10.6. The van der Waals surface area contributed by atoms with Crippen molar-refractivity contribution in [2.24, 2.45) is 0 Å². The van der Waals surface area contributed by atoms with Crippen LogP contribution >= 0.6 is 0 Å². The van der Waals surface area contributed by atoms with Crippen LogP contribution in [0.4, 0.5) is 19.0 Å². The first-order valence-electron chi connectivity index (χ1n) is 14.9. The van der Waals surface area contributed by atoms with E-state index in [0.717, 1.165) is 13.0 Å². The number of aromatic nitrogens is 3. The van der Waals surface area contributed by atoms with Gasteiger partial charge in [0.2, 0.25) is 0 Å². The number of halogens is 3. The van der Waals surface area contributed by atoms with Crippen LogP contribution in [0.3, 0.4) is 0 Å². The maximum atomic E-state index is 15.9. The van der Waals surface area contributed by atoms with Crippen LogP contribution in [-0.4, -0.2) is 83.7 Å². The molecule has 2 aromatic heterocycles. The van der Waals surface area contributed by atoms with E-state index in [9.17, 15) is 13.9 Å². The number of benzene rings is 2. The molecule has 8 nitrogen and oxygen atoms in total. The Bertz CT molecular complexity index is 1680. The Balaban J connectivity index is 0.000000294. The molecule has 44 heavy (non-hydrogen) atoms. The first-order chi connectivity index (χ1) is 21.4. The fourth-order valence-corrected chi connectivity index (χ4v) is 6.10. The Labute approximate surface area is 254 Å². The number of hydrogen-bond donors (Lipinski definition) is 1. The van der Waals surface area contributed by atoms with Crippen LogP contribution in [0.1, 0.15) is 38.7 Å². The van der Waals surface area contributed by atoms with Gasteiger partial charge in [-0.15, -0.1) is 6.42 Å². The molecular formula is C33H36F3N5O3. The highest BCUT2D eigenvalue weighted by Crippen LogP contribution is 2.38. The predicted molar refractivity (Wildman–Crippen MR) is 165 cm³/mol. The minimum absolute atomic E-state index is 0.00355. The molecule has 3 fully saturated rings. The molecule has 3 aliphatic rings. The summed E-state index contributed by atoms with van der Waals surface area (Å²) in [5.74, 6) is 1.28. The number of ether oxygens (including phenoxy) is 2. The first-order valence-corrected chi connectivity index (χ1v) is 14.9. The van der Waals surface area contributed by atoms with Gasteiger partial charge in [0.15, 0.2) is 5.82 Å². The van der Waals surface area contributed by atoms with Crippen molar-refractivity contribution < 1.29 is 27.8 Å². The van der Waals surface area contributed by atoms with Crippen molar-refractivity contribution in [2.45, 2.75) is 45.3 Å². The van der Waals surface area contributed by atoms with Crippen molar-refractivity contribution in [3.05, 3.63) is 47.7 Å². The molecule has 232 valence electrons. The summed E-state index contributed by atoms with van der Waals surface area (Å²) in [6.45, 7) is 8.02. The van der Waals surface area contributed by atoms with Crippen LogP contribution in [0.5, 0.6) is 11.8 Å². The monoisotopic (exact) mass is 607 g/mol. The third kappa shape index (κ3) is 6.10. The lowest BCUT2D eigenvalue weighted by Crippen LogP contribution is -2.37. The Morgan fingerprint density at radius 3 is 2.59 bits per heavy atom. The average molecular weight is 608 g/mol. The largest absolute Gasteiger partial charge is 0.508 e. The molecular weight excluding hydrogens is 571 g/mol. The highest BCUT2D eigenvalue weighted by atomic mass is 19.1. The van der Waals surface area contributed by atoms with Crippen LogP contribution < -0.4 is 9.64 Å². The van der Waals surface area contributed by atoms with Crippen molar-refractivity contribution in [2.75, 3.05) is 51.4 Å². The van der Waals surface area contributed by atoms with E-state index in [0.29, 0.717) is 55.5 Å². The van der Waals surface area contributed by atoms with E-state index in [4.69, 9.17) is 15.9 Å². The zero-order valence-corrected chi connectivity index (χ0v) is 25.1. The van der Waals surface area contributed by atoms with E-state index >= 15 is 4.39 Å². The number of phenols is 1. The number of fused-ring (bicyclic) bond motifs is 3. The summed E-state index contributed by atoms with van der Waals surface area (Å²) in [4.78, 5) is 17.2. The third-order valence-electron chi connectivity index (χ3n) is 8.05. The first kappa shape index (κ1) is 31.3. The number of pyridine rings is 1. The molecule has 7 rings (SSSR count). The molecule has 3 saturated heterocycles. The summed E-state index contributed by atoms with van der Waals surface area (Å²) < 4.78 is 53.6. The maximum Gasteiger partial charge on any atom is 0.318 e. The lowest BCUT2D eigenvalue weighted by molar-refractivity contribution is 0.122. The van der Waals surface area contributed by atoms with Crippen LogP contribution in [0.15, 0.2) is 30.5 Å². The second kappa shape index (κ2) is 13.7. The van der Waals surface area contributed by atoms with Crippen molar-refractivity contribution in [1.29, 1.82) is 0 Å². The molecule has 3 aliphatic heterocycles. The molecule has 0 bridgehead atoms. The van der Waals surface area contributed by atoms with Crippen molar-refractivity contribution in [3.8, 4) is 35.4 Å². The van der Waals surface area contributed by atoms with Gasteiger partial charge in [0, 0.05) is 42.8 Å². The molecule has 2 atom stereocenters. The Morgan fingerprint density at radius 2 is 1.89 bits per heavy atom. The highest BCUT2D eigenvalue weighted by molar-refractivity contribution is 6.03. The third-order valence-corrected chi connectivity index (χ3v) is 8.05. The van der Waals surface area contributed by atoms with Crippen molar-refractivity contribution in [3.63, 3.8) is 0 Å². The summed E-state index contributed by atoms with van der Waals surface area (Å²) in [6.07, 6.45) is 9.83. The number of alkyl halides is 1. The molecule has 0 amide bonds. The van der Waals surface area contributed by atoms with Gasteiger partial charge < -0.3 is 19.5 Å². The number of rotatable bonds is 3. The highest BCUT2D eigenvalue weighted by Gasteiger charge is 2.34. The smallest absolute Gasteiger partial charge is 0.318 e. The van der Waals surface area contributed by atoms with Crippen LogP contribution in [0.25, 0.3) is 32.9 Å². The fourth-order valence-electron chi connectivity index (χ4n) is 6.10. The lowest BCUT2D eigenvalue weighted by atomic mass is 9.96. The Kier molecular flexibility index (Phi) is 9.71. The van der Waals surface area contributed by atoms with Crippen LogP contribution in [0.2, 0.25) is 0 Å². The number of methoxy groups -OCH3 is 1. The molecule has 0 spiro atoms. The van der Waals surface area contributed by atoms with Gasteiger partial charge in [-0.25, -0.2) is 13.2 Å². The molecule has 0 aliphatic carbocycles. The molecule has 0 radical (unpaired) electrons. The van der Waals surface area contributed by atoms with Gasteiger partial charge in [0.05, 0.1) is 31.3 Å². The SMILES string of the molecule is C#Cc1c(F)ccc2cc(O)cc(-c3ncc4c(N5CCOCC5)nc(OC)nc4c3F)c12.CC.FC1CC2CCCN2C1. The minimum Gasteiger partial charge on any atom is -0.508 e. The van der Waals surface area contributed by atoms with Crippen molar-refractivity contribution >= 4 is 27.5 Å². The van der Waals surface area contributed by atoms with Gasteiger partial charge in [-0.3, -0.25) is 9.88 Å². The van der Waals surface area contributed by atoms with Gasteiger partial charge in [-0.2, -0.15) is 9.97 Å². The molecule has 5 heterocycles. The van der Waals surface area contributed by atoms with Gasteiger partial charge in [-0.1, -0.05) is 25.8 Å². The number of morpholine rings is 1. The Hall–Kier alpha value is -4.14. The second-order valence-electron chi connectivity index (χ2n) is 10.6. The normalized spacial score (nSPS) is 19.5. The predicted octanol–water partition coefficient (Wildman–Crippen LogP) is 5.87. The molecule has 0 saturated carbocycles. The molecule has 11 heteroatoms. The molecule has 4 aromatic rings. The average Bonchev–Trinajstić information content (AvgIpc) is 3.63. The maximum absolute atomic E-state index is 15.9. The van der Waals surface area contributed by atoms with E-state index in [1.807, 2.05) is 18.7 Å². The summed E-state index contributed by atoms with van der Waals surface area (Å²) in [5, 5.41) is 11.4. The van der Waals surface area contributed by atoms with Crippen LogP contribution in [-0.2, 0) is 4.74 Å². The zero-order valence-electron chi connectivity index (χ0n) is 25.1. The van der Waals surface area contributed by atoms with Crippen molar-refractivity contribution in [1.82, 2.24) is 19.9 Å². The lowest BCUT2D eigenvalue weighted by Gasteiger charge is -2.28. The van der Waals surface area contributed by atoms with Gasteiger partial charge in [0.25, 0.3) is 0 Å². The molecule has 2 unspecified atom stereocenters. The standard InChI is InChI=1S/C24H18F2N4O3.C7H12FN.C2H6/c1-3-15-18(25)5-4-13-10-14(31)11-16(19(13)15)21-20(26)22-17(12-27-21)23(29-24(28-22)32-2)30-6-8-33-9-7-30;8-6-4-7-2-1-3-9(7)5-6;1-2/h1,4-5,10-12,31H,6-9H2,2H3;6-7H,1-5H2;1-2H3. The van der Waals surface area contributed by atoms with Gasteiger partial charge in [-0.05, 0) is 49.4 Å².